The molecule has 0 radical (unpaired) electrons. The fourth-order valence-corrected chi connectivity index (χ4v) is 2.36. The van der Waals surface area contributed by atoms with Gasteiger partial charge in [0.15, 0.2) is 0 Å². The van der Waals surface area contributed by atoms with Crippen molar-refractivity contribution in [3.63, 3.8) is 0 Å². The molecule has 0 bridgehead atoms. The molecule has 21 heavy (non-hydrogen) atoms. The normalized spacial score (nSPS) is 10.6. The van der Waals surface area contributed by atoms with E-state index in [0.29, 0.717) is 22.0 Å². The van der Waals surface area contributed by atoms with Crippen molar-refractivity contribution < 1.29 is 9.28 Å². The minimum absolute atomic E-state index is 0.105. The van der Waals surface area contributed by atoms with Crippen LogP contribution < -0.4 is 0 Å². The van der Waals surface area contributed by atoms with E-state index in [0.717, 1.165) is 12.6 Å². The first kappa shape index (κ1) is 13.2. The van der Waals surface area contributed by atoms with Gasteiger partial charge in [-0.15, -0.1) is 0 Å². The summed E-state index contributed by atoms with van der Waals surface area (Å²) in [4.78, 5) is 16.6. The minimum atomic E-state index is -0.674. The maximum absolute atomic E-state index is 13.5. The highest BCUT2D eigenvalue weighted by atomic mass is 19.2. The van der Waals surface area contributed by atoms with Gasteiger partial charge in [0, 0.05) is 24.2 Å². The van der Waals surface area contributed by atoms with Crippen LogP contribution in [0.15, 0.2) is 60.8 Å². The highest BCUT2D eigenvalue weighted by Crippen LogP contribution is 2.29. The molecule has 1 amide bonds. The molecule has 0 aliphatic heterocycles. The lowest BCUT2D eigenvalue weighted by Crippen LogP contribution is -2.19. The quantitative estimate of drug-likeness (QED) is 0.668. The Hall–Kier alpha value is -2.75. The van der Waals surface area contributed by atoms with Gasteiger partial charge in [0.2, 0.25) is 0 Å². The number of carbonyl (C=O) groups excluding carboxylic acids is 1. The summed E-state index contributed by atoms with van der Waals surface area (Å²) in [7, 11) is 1.10. The monoisotopic (exact) mass is 280 g/mol. The maximum Gasteiger partial charge on any atom is 0.282 e. The number of halogens is 1. The van der Waals surface area contributed by atoms with Crippen molar-refractivity contribution in [2.24, 2.45) is 0 Å². The molecule has 1 aromatic heterocycles. The van der Waals surface area contributed by atoms with E-state index < -0.39 is 5.91 Å². The van der Waals surface area contributed by atoms with E-state index in [2.05, 4.69) is 4.98 Å². The van der Waals surface area contributed by atoms with Crippen LogP contribution in [-0.2, 0) is 0 Å². The van der Waals surface area contributed by atoms with E-state index >= 15 is 0 Å². The van der Waals surface area contributed by atoms with Gasteiger partial charge in [0.05, 0.1) is 11.1 Å². The predicted octanol–water partition coefficient (Wildman–Crippen LogP) is 3.86. The SMILES string of the molecule is CN(F)C(=O)c1c(-c2ccccc2)cnc2ccccc12. The number of benzene rings is 2. The number of hydrogen-bond donors (Lipinski definition) is 0. The molecular weight excluding hydrogens is 267 g/mol. The predicted molar refractivity (Wildman–Crippen MR) is 80.4 cm³/mol. The second-order valence-electron chi connectivity index (χ2n) is 4.71. The molecule has 0 saturated heterocycles. The summed E-state index contributed by atoms with van der Waals surface area (Å²) in [5.41, 5.74) is 2.46. The van der Waals surface area contributed by atoms with E-state index in [1.807, 2.05) is 42.5 Å². The van der Waals surface area contributed by atoms with Crippen LogP contribution in [0.5, 0.6) is 0 Å². The third-order valence-corrected chi connectivity index (χ3v) is 3.35. The second kappa shape index (κ2) is 5.32. The Morgan fingerprint density at radius 1 is 1.05 bits per heavy atom. The first-order valence-corrected chi connectivity index (χ1v) is 6.55. The zero-order chi connectivity index (χ0) is 14.8. The summed E-state index contributed by atoms with van der Waals surface area (Å²) < 4.78 is 13.5. The maximum atomic E-state index is 13.5. The van der Waals surface area contributed by atoms with Gasteiger partial charge in [-0.2, -0.15) is 5.12 Å². The molecular formula is C17H13FN2O. The lowest BCUT2D eigenvalue weighted by Gasteiger charge is -2.13. The van der Waals surface area contributed by atoms with E-state index in [1.54, 1.807) is 18.3 Å². The van der Waals surface area contributed by atoms with Crippen LogP contribution in [0.4, 0.5) is 4.48 Å². The Balaban J connectivity index is 2.35. The molecule has 0 N–H and O–H groups in total. The average Bonchev–Trinajstić information content (AvgIpc) is 2.53. The summed E-state index contributed by atoms with van der Waals surface area (Å²) in [6, 6.07) is 16.6. The highest BCUT2D eigenvalue weighted by Gasteiger charge is 2.20. The summed E-state index contributed by atoms with van der Waals surface area (Å²) in [6.07, 6.45) is 1.62. The Morgan fingerprint density at radius 2 is 1.71 bits per heavy atom. The molecule has 0 fully saturated rings. The van der Waals surface area contributed by atoms with Crippen LogP contribution in [0.2, 0.25) is 0 Å². The highest BCUT2D eigenvalue weighted by molar-refractivity contribution is 6.10. The smallest absolute Gasteiger partial charge is 0.266 e. The first-order chi connectivity index (χ1) is 10.2. The molecule has 0 spiro atoms. The molecule has 3 rings (SSSR count). The summed E-state index contributed by atoms with van der Waals surface area (Å²) >= 11 is 0. The average molecular weight is 280 g/mol. The molecule has 0 unspecified atom stereocenters. The van der Waals surface area contributed by atoms with Crippen LogP contribution in [-0.4, -0.2) is 23.1 Å². The molecule has 104 valence electrons. The fourth-order valence-electron chi connectivity index (χ4n) is 2.36. The molecule has 0 saturated carbocycles. The molecule has 0 aliphatic carbocycles. The fraction of sp³-hybridized carbons (Fsp3) is 0.0588. The van der Waals surface area contributed by atoms with Crippen LogP contribution in [0, 0.1) is 0 Å². The van der Waals surface area contributed by atoms with Crippen LogP contribution >= 0.6 is 0 Å². The largest absolute Gasteiger partial charge is 0.282 e. The van der Waals surface area contributed by atoms with Gasteiger partial charge in [0.25, 0.3) is 5.91 Å². The first-order valence-electron chi connectivity index (χ1n) is 6.55. The summed E-state index contributed by atoms with van der Waals surface area (Å²) in [6.45, 7) is 0. The second-order valence-corrected chi connectivity index (χ2v) is 4.71. The van der Waals surface area contributed by atoms with Gasteiger partial charge in [-0.05, 0) is 11.6 Å². The molecule has 2 aromatic carbocycles. The molecule has 1 heterocycles. The third kappa shape index (κ3) is 2.36. The number of fused-ring (bicyclic) bond motifs is 1. The number of carbonyl (C=O) groups is 1. The van der Waals surface area contributed by atoms with Crippen molar-refractivity contribution in [2.75, 3.05) is 7.05 Å². The molecule has 3 aromatic rings. The van der Waals surface area contributed by atoms with E-state index in [1.165, 1.54) is 0 Å². The minimum Gasteiger partial charge on any atom is -0.266 e. The number of amides is 1. The number of nitrogens with zero attached hydrogens (tertiary/aromatic N) is 2. The van der Waals surface area contributed by atoms with Crippen LogP contribution in [0.3, 0.4) is 0 Å². The number of aromatic nitrogens is 1. The zero-order valence-electron chi connectivity index (χ0n) is 11.5. The van der Waals surface area contributed by atoms with E-state index in [9.17, 15) is 9.28 Å². The van der Waals surface area contributed by atoms with Gasteiger partial charge in [-0.25, -0.2) is 0 Å². The van der Waals surface area contributed by atoms with Crippen LogP contribution in [0.1, 0.15) is 10.4 Å². The van der Waals surface area contributed by atoms with Crippen molar-refractivity contribution in [3.8, 4) is 11.1 Å². The number of para-hydroxylation sites is 1. The summed E-state index contributed by atoms with van der Waals surface area (Å²) in [5, 5.41) is 0.752. The van der Waals surface area contributed by atoms with Gasteiger partial charge in [0.1, 0.15) is 0 Å². The van der Waals surface area contributed by atoms with Crippen molar-refractivity contribution in [3.05, 3.63) is 66.4 Å². The lowest BCUT2D eigenvalue weighted by atomic mass is 9.97. The third-order valence-electron chi connectivity index (χ3n) is 3.35. The van der Waals surface area contributed by atoms with Crippen molar-refractivity contribution >= 4 is 16.8 Å². The standard InChI is InChI=1S/C17H13FN2O/c1-20(18)17(21)16-13-9-5-6-10-15(13)19-11-14(16)12-7-3-2-4-8-12/h2-11H,1H3. The zero-order valence-corrected chi connectivity index (χ0v) is 11.5. The molecule has 0 aliphatic rings. The summed E-state index contributed by atoms with van der Waals surface area (Å²) in [5.74, 6) is -0.674. The lowest BCUT2D eigenvalue weighted by molar-refractivity contribution is 0.0346. The Bertz CT molecular complexity index is 800. The van der Waals surface area contributed by atoms with Gasteiger partial charge >= 0.3 is 0 Å². The van der Waals surface area contributed by atoms with Crippen LogP contribution in [0.25, 0.3) is 22.0 Å². The number of hydrogen-bond acceptors (Lipinski definition) is 2. The van der Waals surface area contributed by atoms with E-state index in [4.69, 9.17) is 0 Å². The number of rotatable bonds is 2. The van der Waals surface area contributed by atoms with Gasteiger partial charge in [-0.1, -0.05) is 53.0 Å². The van der Waals surface area contributed by atoms with Crippen molar-refractivity contribution in [1.82, 2.24) is 10.1 Å². The molecule has 0 atom stereocenters. The van der Waals surface area contributed by atoms with Crippen molar-refractivity contribution in [2.45, 2.75) is 0 Å². The Labute approximate surface area is 121 Å². The topological polar surface area (TPSA) is 33.2 Å². The van der Waals surface area contributed by atoms with Gasteiger partial charge < -0.3 is 0 Å². The Kier molecular flexibility index (Phi) is 3.36. The molecule has 4 heteroatoms. The van der Waals surface area contributed by atoms with Gasteiger partial charge in [-0.3, -0.25) is 9.78 Å². The Morgan fingerprint density at radius 3 is 2.43 bits per heavy atom. The molecule has 3 nitrogen and oxygen atoms in total. The van der Waals surface area contributed by atoms with Crippen molar-refractivity contribution in [1.29, 1.82) is 0 Å². The number of pyridine rings is 1. The van der Waals surface area contributed by atoms with E-state index in [-0.39, 0.29) is 5.12 Å².